The van der Waals surface area contributed by atoms with E-state index in [2.05, 4.69) is 29.7 Å². The maximum absolute atomic E-state index is 12.3. The number of amides is 1. The molecule has 3 rings (SSSR count). The Morgan fingerprint density at radius 2 is 2.21 bits per heavy atom. The predicted molar refractivity (Wildman–Crippen MR) is 76.1 cm³/mol. The molecule has 1 aromatic rings. The van der Waals surface area contributed by atoms with Gasteiger partial charge in [-0.3, -0.25) is 4.79 Å². The second-order valence-electron chi connectivity index (χ2n) is 5.81. The minimum atomic E-state index is 0.0715. The molecule has 19 heavy (non-hydrogen) atoms. The van der Waals surface area contributed by atoms with Crippen LogP contribution in [0.15, 0.2) is 24.3 Å². The molecule has 0 spiro atoms. The van der Waals surface area contributed by atoms with Crippen LogP contribution in [0.1, 0.15) is 43.2 Å². The van der Waals surface area contributed by atoms with Gasteiger partial charge in [0.25, 0.3) is 0 Å². The Balaban J connectivity index is 1.57. The largest absolute Gasteiger partial charge is 0.352 e. The van der Waals surface area contributed by atoms with Gasteiger partial charge in [-0.15, -0.1) is 0 Å². The van der Waals surface area contributed by atoms with Crippen LogP contribution in [0.4, 0.5) is 0 Å². The number of carbonyl (C=O) groups is 1. The van der Waals surface area contributed by atoms with Crippen LogP contribution in [0.2, 0.25) is 0 Å². The van der Waals surface area contributed by atoms with Gasteiger partial charge in [0.1, 0.15) is 0 Å². The van der Waals surface area contributed by atoms with Crippen molar-refractivity contribution in [3.05, 3.63) is 35.4 Å². The number of piperidine rings is 1. The van der Waals surface area contributed by atoms with E-state index >= 15 is 0 Å². The Morgan fingerprint density at radius 1 is 1.37 bits per heavy atom. The summed E-state index contributed by atoms with van der Waals surface area (Å²) < 4.78 is 0. The molecule has 0 aromatic heterocycles. The monoisotopic (exact) mass is 258 g/mol. The highest BCUT2D eigenvalue weighted by Crippen LogP contribution is 2.34. The minimum absolute atomic E-state index is 0.0715. The molecule has 1 aliphatic heterocycles. The van der Waals surface area contributed by atoms with Gasteiger partial charge in [0, 0.05) is 12.1 Å². The molecule has 1 heterocycles. The van der Waals surface area contributed by atoms with Crippen LogP contribution in [-0.2, 0) is 11.2 Å². The van der Waals surface area contributed by atoms with Crippen LogP contribution in [0.25, 0.3) is 0 Å². The molecule has 2 N–H and O–H groups in total. The van der Waals surface area contributed by atoms with E-state index in [1.165, 1.54) is 30.4 Å². The van der Waals surface area contributed by atoms with Gasteiger partial charge in [-0.1, -0.05) is 30.7 Å². The number of carbonyl (C=O) groups excluding carboxylic acids is 1. The van der Waals surface area contributed by atoms with Gasteiger partial charge in [0.15, 0.2) is 0 Å². The molecular formula is C16H22N2O. The van der Waals surface area contributed by atoms with Gasteiger partial charge in [-0.2, -0.15) is 0 Å². The molecule has 0 saturated carbocycles. The number of hydrogen-bond donors (Lipinski definition) is 2. The van der Waals surface area contributed by atoms with E-state index in [9.17, 15) is 4.79 Å². The summed E-state index contributed by atoms with van der Waals surface area (Å²) in [4.78, 5) is 12.3. The maximum Gasteiger partial charge on any atom is 0.228 e. The van der Waals surface area contributed by atoms with Gasteiger partial charge >= 0.3 is 0 Å². The summed E-state index contributed by atoms with van der Waals surface area (Å²) in [5.41, 5.74) is 2.54. The molecule has 3 atom stereocenters. The molecule has 1 amide bonds. The highest BCUT2D eigenvalue weighted by Gasteiger charge is 2.33. The quantitative estimate of drug-likeness (QED) is 0.870. The van der Waals surface area contributed by atoms with E-state index in [0.717, 1.165) is 13.0 Å². The molecule has 3 unspecified atom stereocenters. The summed E-state index contributed by atoms with van der Waals surface area (Å²) in [6.45, 7) is 3.20. The minimum Gasteiger partial charge on any atom is -0.352 e. The van der Waals surface area contributed by atoms with Crippen molar-refractivity contribution in [1.82, 2.24) is 10.6 Å². The van der Waals surface area contributed by atoms with Crippen LogP contribution in [0.3, 0.4) is 0 Å². The predicted octanol–water partition coefficient (Wildman–Crippen LogP) is 1.97. The second kappa shape index (κ2) is 5.33. The first-order valence-corrected chi connectivity index (χ1v) is 7.37. The Bertz CT molecular complexity index is 466. The number of benzene rings is 1. The lowest BCUT2D eigenvalue weighted by molar-refractivity contribution is -0.123. The number of hydrogen-bond acceptors (Lipinski definition) is 2. The summed E-state index contributed by atoms with van der Waals surface area (Å²) in [5.74, 6) is 0.265. The molecule has 0 radical (unpaired) electrons. The molecule has 1 aliphatic carbocycles. The standard InChI is InChI=1S/C16H22N2O/c1-11(15-8-4-5-9-17-15)18-16(19)14-10-12-6-2-3-7-13(12)14/h2-3,6-7,11,14-15,17H,4-5,8-10H2,1H3,(H,18,19). The van der Waals surface area contributed by atoms with Gasteiger partial charge < -0.3 is 10.6 Å². The van der Waals surface area contributed by atoms with Crippen LogP contribution in [0.5, 0.6) is 0 Å². The van der Waals surface area contributed by atoms with Gasteiger partial charge in [-0.25, -0.2) is 0 Å². The summed E-state index contributed by atoms with van der Waals surface area (Å²) in [6, 6.07) is 8.91. The number of fused-ring (bicyclic) bond motifs is 1. The highest BCUT2D eigenvalue weighted by atomic mass is 16.2. The van der Waals surface area contributed by atoms with E-state index < -0.39 is 0 Å². The Hall–Kier alpha value is -1.35. The SMILES string of the molecule is CC(NC(=O)C1Cc2ccccc21)C1CCCCN1. The molecule has 102 valence electrons. The molecule has 2 aliphatic rings. The van der Waals surface area contributed by atoms with E-state index in [-0.39, 0.29) is 17.9 Å². The average Bonchev–Trinajstić information content (AvgIpc) is 2.41. The van der Waals surface area contributed by atoms with Crippen LogP contribution in [0, 0.1) is 0 Å². The zero-order valence-electron chi connectivity index (χ0n) is 11.5. The fourth-order valence-electron chi connectivity index (χ4n) is 3.22. The second-order valence-corrected chi connectivity index (χ2v) is 5.81. The first-order chi connectivity index (χ1) is 9.25. The van der Waals surface area contributed by atoms with Crippen molar-refractivity contribution in [3.63, 3.8) is 0 Å². The lowest BCUT2D eigenvalue weighted by Crippen LogP contribution is -2.51. The number of rotatable bonds is 3. The Morgan fingerprint density at radius 3 is 2.95 bits per heavy atom. The molecular weight excluding hydrogens is 236 g/mol. The van der Waals surface area contributed by atoms with Crippen LogP contribution >= 0.6 is 0 Å². The molecule has 1 aromatic carbocycles. The number of nitrogens with one attached hydrogen (secondary N) is 2. The van der Waals surface area contributed by atoms with Gasteiger partial charge in [0.05, 0.1) is 5.92 Å². The Kier molecular flexibility index (Phi) is 3.56. The highest BCUT2D eigenvalue weighted by molar-refractivity contribution is 5.87. The normalized spacial score (nSPS) is 27.0. The van der Waals surface area contributed by atoms with Crippen LogP contribution in [-0.4, -0.2) is 24.5 Å². The first kappa shape index (κ1) is 12.7. The van der Waals surface area contributed by atoms with E-state index in [1.54, 1.807) is 0 Å². The third-order valence-corrected chi connectivity index (χ3v) is 4.49. The Labute approximate surface area is 114 Å². The van der Waals surface area contributed by atoms with Crippen molar-refractivity contribution in [2.24, 2.45) is 0 Å². The zero-order chi connectivity index (χ0) is 13.2. The van der Waals surface area contributed by atoms with Gasteiger partial charge in [0.2, 0.25) is 5.91 Å². The fraction of sp³-hybridized carbons (Fsp3) is 0.562. The summed E-state index contributed by atoms with van der Waals surface area (Å²) in [7, 11) is 0. The third-order valence-electron chi connectivity index (χ3n) is 4.49. The lowest BCUT2D eigenvalue weighted by atomic mass is 9.77. The van der Waals surface area contributed by atoms with Crippen molar-refractivity contribution < 1.29 is 4.79 Å². The first-order valence-electron chi connectivity index (χ1n) is 7.37. The van der Waals surface area contributed by atoms with Gasteiger partial charge in [-0.05, 0) is 43.9 Å². The topological polar surface area (TPSA) is 41.1 Å². The van der Waals surface area contributed by atoms with Crippen molar-refractivity contribution >= 4 is 5.91 Å². The summed E-state index contributed by atoms with van der Waals surface area (Å²) in [5, 5.41) is 6.69. The van der Waals surface area contributed by atoms with Crippen molar-refractivity contribution in [2.75, 3.05) is 6.54 Å². The van der Waals surface area contributed by atoms with E-state index in [4.69, 9.17) is 0 Å². The molecule has 1 saturated heterocycles. The van der Waals surface area contributed by atoms with Crippen molar-refractivity contribution in [2.45, 2.75) is 50.6 Å². The zero-order valence-corrected chi connectivity index (χ0v) is 11.5. The molecule has 3 nitrogen and oxygen atoms in total. The van der Waals surface area contributed by atoms with Crippen LogP contribution < -0.4 is 10.6 Å². The average molecular weight is 258 g/mol. The third kappa shape index (κ3) is 2.52. The fourth-order valence-corrected chi connectivity index (χ4v) is 3.22. The lowest BCUT2D eigenvalue weighted by Gasteiger charge is -2.33. The molecule has 0 bridgehead atoms. The van der Waals surface area contributed by atoms with Crippen molar-refractivity contribution in [1.29, 1.82) is 0 Å². The molecule has 3 heteroatoms. The van der Waals surface area contributed by atoms with Crippen molar-refractivity contribution in [3.8, 4) is 0 Å². The maximum atomic E-state index is 12.3. The summed E-state index contributed by atoms with van der Waals surface area (Å²) in [6.07, 6.45) is 4.59. The smallest absolute Gasteiger partial charge is 0.228 e. The van der Waals surface area contributed by atoms with E-state index in [1.807, 2.05) is 12.1 Å². The summed E-state index contributed by atoms with van der Waals surface area (Å²) >= 11 is 0. The van der Waals surface area contributed by atoms with E-state index in [0.29, 0.717) is 6.04 Å². The molecule has 1 fully saturated rings.